The molecule has 1 heterocycles. The smallest absolute Gasteiger partial charge is 0.394 e. The molecule has 0 saturated heterocycles. The first-order valence-corrected chi connectivity index (χ1v) is 3.25. The van der Waals surface area contributed by atoms with Gasteiger partial charge in [-0.15, -0.1) is 0 Å². The molecule has 0 bridgehead atoms. The van der Waals surface area contributed by atoms with Gasteiger partial charge < -0.3 is 20.7 Å². The third kappa shape index (κ3) is 1.92. The Labute approximate surface area is 67.6 Å². The SMILES string of the molecule is NCCNc1noc(C(=O)O)n1. The molecule has 7 nitrogen and oxygen atoms in total. The monoisotopic (exact) mass is 172 g/mol. The molecule has 0 aromatic carbocycles. The highest BCUT2D eigenvalue weighted by molar-refractivity contribution is 5.82. The van der Waals surface area contributed by atoms with Gasteiger partial charge in [0.05, 0.1) is 0 Å². The van der Waals surface area contributed by atoms with E-state index in [-0.39, 0.29) is 5.95 Å². The Kier molecular flexibility index (Phi) is 2.59. The summed E-state index contributed by atoms with van der Waals surface area (Å²) in [5.41, 5.74) is 5.18. The van der Waals surface area contributed by atoms with E-state index >= 15 is 0 Å². The molecule has 0 radical (unpaired) electrons. The molecule has 1 rings (SSSR count). The van der Waals surface area contributed by atoms with Gasteiger partial charge in [0.25, 0.3) is 5.95 Å². The molecule has 12 heavy (non-hydrogen) atoms. The molecule has 1 aromatic rings. The second kappa shape index (κ2) is 3.67. The summed E-state index contributed by atoms with van der Waals surface area (Å²) in [6, 6.07) is 0. The van der Waals surface area contributed by atoms with Crippen LogP contribution in [0.5, 0.6) is 0 Å². The first kappa shape index (κ1) is 8.47. The lowest BCUT2D eigenvalue weighted by Gasteiger charge is -1.93. The second-order valence-corrected chi connectivity index (χ2v) is 1.94. The largest absolute Gasteiger partial charge is 0.474 e. The number of nitrogens with two attached hydrogens (primary N) is 1. The van der Waals surface area contributed by atoms with Gasteiger partial charge in [-0.25, -0.2) is 4.79 Å². The second-order valence-electron chi connectivity index (χ2n) is 1.94. The minimum Gasteiger partial charge on any atom is -0.474 e. The van der Waals surface area contributed by atoms with Gasteiger partial charge in [-0.1, -0.05) is 0 Å². The fraction of sp³-hybridized carbons (Fsp3) is 0.400. The van der Waals surface area contributed by atoms with E-state index in [0.717, 1.165) is 0 Å². The van der Waals surface area contributed by atoms with Crippen molar-refractivity contribution in [3.63, 3.8) is 0 Å². The van der Waals surface area contributed by atoms with Gasteiger partial charge in [0.1, 0.15) is 0 Å². The van der Waals surface area contributed by atoms with Crippen molar-refractivity contribution < 1.29 is 14.4 Å². The summed E-state index contributed by atoms with van der Waals surface area (Å²) in [4.78, 5) is 13.7. The van der Waals surface area contributed by atoms with E-state index in [1.54, 1.807) is 0 Å². The van der Waals surface area contributed by atoms with Gasteiger partial charge in [0.2, 0.25) is 0 Å². The lowest BCUT2D eigenvalue weighted by molar-refractivity contribution is 0.0643. The summed E-state index contributed by atoms with van der Waals surface area (Å²) < 4.78 is 4.36. The van der Waals surface area contributed by atoms with Crippen LogP contribution in [0.15, 0.2) is 4.52 Å². The standard InChI is InChI=1S/C5H8N4O3/c6-1-2-7-5-8-3(4(10)11)12-9-5/h1-2,6H2,(H,7,9)(H,10,11). The highest BCUT2D eigenvalue weighted by Crippen LogP contribution is 2.00. The number of carbonyl (C=O) groups is 1. The maximum Gasteiger partial charge on any atom is 0.394 e. The average molecular weight is 172 g/mol. The Hall–Kier alpha value is -1.63. The Morgan fingerprint density at radius 2 is 2.50 bits per heavy atom. The number of carboxylic acids is 1. The summed E-state index contributed by atoms with van der Waals surface area (Å²) in [6.45, 7) is 0.884. The van der Waals surface area contributed by atoms with Crippen LogP contribution in [0, 0.1) is 0 Å². The van der Waals surface area contributed by atoms with E-state index in [9.17, 15) is 4.79 Å². The molecule has 0 saturated carbocycles. The Morgan fingerprint density at radius 3 is 3.00 bits per heavy atom. The lowest BCUT2D eigenvalue weighted by atomic mass is 10.6. The minimum atomic E-state index is -1.25. The van der Waals surface area contributed by atoms with Crippen LogP contribution >= 0.6 is 0 Å². The van der Waals surface area contributed by atoms with Crippen molar-refractivity contribution in [3.05, 3.63) is 5.89 Å². The number of aromatic carboxylic acids is 1. The first-order valence-electron chi connectivity index (χ1n) is 3.25. The number of anilines is 1. The number of rotatable bonds is 4. The van der Waals surface area contributed by atoms with Crippen molar-refractivity contribution >= 4 is 11.9 Å². The van der Waals surface area contributed by atoms with Crippen LogP contribution in [0.1, 0.15) is 10.7 Å². The number of hydrogen-bond acceptors (Lipinski definition) is 6. The Morgan fingerprint density at radius 1 is 1.75 bits per heavy atom. The van der Waals surface area contributed by atoms with Crippen LogP contribution in [0.2, 0.25) is 0 Å². The van der Waals surface area contributed by atoms with Gasteiger partial charge in [0, 0.05) is 13.1 Å². The average Bonchev–Trinajstić information content (AvgIpc) is 2.48. The Bertz CT molecular complexity index is 271. The van der Waals surface area contributed by atoms with Gasteiger partial charge in [-0.2, -0.15) is 4.98 Å². The van der Waals surface area contributed by atoms with Crippen LogP contribution < -0.4 is 11.1 Å². The Balaban J connectivity index is 2.58. The summed E-state index contributed by atoms with van der Waals surface area (Å²) >= 11 is 0. The molecular weight excluding hydrogens is 164 g/mol. The van der Waals surface area contributed by atoms with E-state index in [2.05, 4.69) is 20.0 Å². The maximum absolute atomic E-state index is 10.2. The normalized spacial score (nSPS) is 9.75. The third-order valence-electron chi connectivity index (χ3n) is 1.04. The van der Waals surface area contributed by atoms with Crippen LogP contribution in [0.4, 0.5) is 5.95 Å². The fourth-order valence-electron chi connectivity index (χ4n) is 0.566. The van der Waals surface area contributed by atoms with Crippen molar-refractivity contribution in [2.24, 2.45) is 5.73 Å². The van der Waals surface area contributed by atoms with E-state index in [4.69, 9.17) is 10.8 Å². The topological polar surface area (TPSA) is 114 Å². The van der Waals surface area contributed by atoms with Gasteiger partial charge in [-0.3, -0.25) is 0 Å². The summed E-state index contributed by atoms with van der Waals surface area (Å²) in [6.07, 6.45) is 0. The minimum absolute atomic E-state index is 0.137. The summed E-state index contributed by atoms with van der Waals surface area (Å²) in [5.74, 6) is -1.55. The van der Waals surface area contributed by atoms with E-state index < -0.39 is 11.9 Å². The molecule has 0 spiro atoms. The predicted molar refractivity (Wildman–Crippen MR) is 38.8 cm³/mol. The first-order chi connectivity index (χ1) is 5.74. The molecule has 1 aromatic heterocycles. The molecule has 0 aliphatic rings. The quantitative estimate of drug-likeness (QED) is 0.541. The molecule has 0 atom stereocenters. The number of carboxylic acid groups (broad SMARTS) is 1. The highest BCUT2D eigenvalue weighted by Gasteiger charge is 2.11. The van der Waals surface area contributed by atoms with Crippen LogP contribution in [0.25, 0.3) is 0 Å². The van der Waals surface area contributed by atoms with Crippen molar-refractivity contribution in [2.75, 3.05) is 18.4 Å². The molecule has 0 amide bonds. The number of aromatic nitrogens is 2. The molecule has 66 valence electrons. The molecule has 0 aliphatic carbocycles. The fourth-order valence-corrected chi connectivity index (χ4v) is 0.566. The van der Waals surface area contributed by atoms with E-state index in [1.165, 1.54) is 0 Å². The van der Waals surface area contributed by atoms with Crippen LogP contribution in [-0.2, 0) is 0 Å². The van der Waals surface area contributed by atoms with Crippen LogP contribution in [-0.4, -0.2) is 34.3 Å². The molecule has 7 heteroatoms. The summed E-state index contributed by atoms with van der Waals surface area (Å²) in [5, 5.41) is 14.4. The van der Waals surface area contributed by atoms with Crippen molar-refractivity contribution in [2.45, 2.75) is 0 Å². The van der Waals surface area contributed by atoms with Crippen molar-refractivity contribution in [3.8, 4) is 0 Å². The molecule has 4 N–H and O–H groups in total. The number of nitrogens with one attached hydrogen (secondary N) is 1. The zero-order chi connectivity index (χ0) is 8.97. The number of nitrogens with zero attached hydrogens (tertiary/aromatic N) is 2. The lowest BCUT2D eigenvalue weighted by Crippen LogP contribution is -2.13. The third-order valence-corrected chi connectivity index (χ3v) is 1.04. The molecule has 0 fully saturated rings. The predicted octanol–water partition coefficient (Wildman–Crippen LogP) is -0.862. The van der Waals surface area contributed by atoms with Crippen molar-refractivity contribution in [1.29, 1.82) is 0 Å². The zero-order valence-electron chi connectivity index (χ0n) is 6.15. The van der Waals surface area contributed by atoms with Crippen molar-refractivity contribution in [1.82, 2.24) is 10.1 Å². The van der Waals surface area contributed by atoms with E-state index in [1.807, 2.05) is 0 Å². The zero-order valence-corrected chi connectivity index (χ0v) is 6.15. The maximum atomic E-state index is 10.2. The molecular formula is C5H8N4O3. The van der Waals surface area contributed by atoms with Gasteiger partial charge in [-0.05, 0) is 5.16 Å². The van der Waals surface area contributed by atoms with Gasteiger partial charge in [0.15, 0.2) is 0 Å². The van der Waals surface area contributed by atoms with Crippen LogP contribution in [0.3, 0.4) is 0 Å². The highest BCUT2D eigenvalue weighted by atomic mass is 16.5. The summed E-state index contributed by atoms with van der Waals surface area (Å²) in [7, 11) is 0. The molecule has 0 unspecified atom stereocenters. The van der Waals surface area contributed by atoms with Gasteiger partial charge >= 0.3 is 11.9 Å². The number of hydrogen-bond donors (Lipinski definition) is 3. The van der Waals surface area contributed by atoms with E-state index in [0.29, 0.717) is 13.1 Å². The molecule has 0 aliphatic heterocycles.